The van der Waals surface area contributed by atoms with Crippen LogP contribution in [0.4, 0.5) is 0 Å². The molecule has 0 amide bonds. The highest BCUT2D eigenvalue weighted by molar-refractivity contribution is 5.90. The summed E-state index contributed by atoms with van der Waals surface area (Å²) in [7, 11) is 1.65. The molecule has 0 aromatic carbocycles. The van der Waals surface area contributed by atoms with Crippen molar-refractivity contribution in [1.29, 1.82) is 0 Å². The quantitative estimate of drug-likeness (QED) is 0.773. The van der Waals surface area contributed by atoms with Crippen LogP contribution in [0.25, 0.3) is 0 Å². The number of ether oxygens (including phenoxy) is 1. The summed E-state index contributed by atoms with van der Waals surface area (Å²) < 4.78 is 5.92. The average molecular weight is 336 g/mol. The molecule has 4 aliphatic rings. The molecule has 0 radical (unpaired) electrons. The fourth-order valence-electron chi connectivity index (χ4n) is 7.40. The fraction of sp³-hybridized carbons (Fsp3) is 0.950. The summed E-state index contributed by atoms with van der Waals surface area (Å²) in [6.07, 6.45) is 6.04. The number of Topliss-reactive ketones (excluding diaryl/α,β-unsaturated/α-hetero) is 1. The van der Waals surface area contributed by atoms with Crippen LogP contribution in [-0.2, 0) is 9.53 Å². The molecule has 0 heterocycles. The van der Waals surface area contributed by atoms with E-state index in [1.807, 2.05) is 0 Å². The minimum Gasteiger partial charge on any atom is -0.393 e. The summed E-state index contributed by atoms with van der Waals surface area (Å²) in [4.78, 5) is 13.3. The van der Waals surface area contributed by atoms with E-state index in [2.05, 4.69) is 13.8 Å². The SMILES string of the molecule is CO[C@]12C[C@H](O)CC[C@]1(C)C1CC[C@@]3(C)C(CC[C@@H]3O)[C@@H]1CC2=O. The lowest BCUT2D eigenvalue weighted by molar-refractivity contribution is -0.223. The van der Waals surface area contributed by atoms with Crippen LogP contribution in [-0.4, -0.2) is 40.9 Å². The van der Waals surface area contributed by atoms with Crippen LogP contribution in [0.3, 0.4) is 0 Å². The van der Waals surface area contributed by atoms with E-state index >= 15 is 0 Å². The zero-order valence-corrected chi connectivity index (χ0v) is 15.3. The van der Waals surface area contributed by atoms with Crippen molar-refractivity contribution in [3.8, 4) is 0 Å². The predicted octanol–water partition coefficient (Wildman–Crippen LogP) is 2.70. The monoisotopic (exact) mass is 336 g/mol. The Morgan fingerprint density at radius 3 is 2.50 bits per heavy atom. The molecule has 0 bridgehead atoms. The number of aliphatic hydroxyl groups is 2. The summed E-state index contributed by atoms with van der Waals surface area (Å²) in [5, 5.41) is 20.8. The Kier molecular flexibility index (Phi) is 3.73. The summed E-state index contributed by atoms with van der Waals surface area (Å²) in [6.45, 7) is 4.48. The molecular weight excluding hydrogens is 304 g/mol. The number of hydrogen-bond acceptors (Lipinski definition) is 4. The zero-order valence-electron chi connectivity index (χ0n) is 15.3. The van der Waals surface area contributed by atoms with Crippen LogP contribution in [0.5, 0.6) is 0 Å². The summed E-state index contributed by atoms with van der Waals surface area (Å²) in [5.74, 6) is 1.48. The molecule has 8 atom stereocenters. The van der Waals surface area contributed by atoms with E-state index in [-0.39, 0.29) is 22.7 Å². The molecule has 0 aromatic rings. The summed E-state index contributed by atoms with van der Waals surface area (Å²) in [5.41, 5.74) is -1.01. The highest BCUT2D eigenvalue weighted by atomic mass is 16.5. The molecule has 0 saturated heterocycles. The lowest BCUT2D eigenvalue weighted by atomic mass is 9.43. The Balaban J connectivity index is 1.74. The van der Waals surface area contributed by atoms with Gasteiger partial charge >= 0.3 is 0 Å². The first-order valence-electron chi connectivity index (χ1n) is 9.73. The van der Waals surface area contributed by atoms with Crippen molar-refractivity contribution in [3.05, 3.63) is 0 Å². The number of hydrogen-bond donors (Lipinski definition) is 2. The third kappa shape index (κ3) is 1.88. The third-order valence-corrected chi connectivity index (χ3v) is 8.87. The normalized spacial score (nSPS) is 57.2. The Labute approximate surface area is 145 Å². The van der Waals surface area contributed by atoms with Crippen molar-refractivity contribution in [2.75, 3.05) is 7.11 Å². The number of fused-ring (bicyclic) bond motifs is 5. The number of carbonyl (C=O) groups is 1. The first kappa shape index (κ1) is 17.0. The molecule has 0 aromatic heterocycles. The van der Waals surface area contributed by atoms with Crippen molar-refractivity contribution >= 4 is 5.78 Å². The lowest BCUT2D eigenvalue weighted by Gasteiger charge is -2.63. The third-order valence-electron chi connectivity index (χ3n) is 8.87. The van der Waals surface area contributed by atoms with E-state index in [1.54, 1.807) is 7.11 Å². The second-order valence-corrected chi connectivity index (χ2v) is 9.49. The van der Waals surface area contributed by atoms with Gasteiger partial charge in [-0.15, -0.1) is 0 Å². The van der Waals surface area contributed by atoms with Gasteiger partial charge in [0.25, 0.3) is 0 Å². The van der Waals surface area contributed by atoms with Crippen molar-refractivity contribution in [1.82, 2.24) is 0 Å². The van der Waals surface area contributed by atoms with Crippen LogP contribution in [0, 0.1) is 28.6 Å². The second kappa shape index (κ2) is 5.28. The van der Waals surface area contributed by atoms with Crippen molar-refractivity contribution in [3.63, 3.8) is 0 Å². The van der Waals surface area contributed by atoms with E-state index < -0.39 is 11.7 Å². The number of aliphatic hydroxyl groups excluding tert-OH is 2. The maximum atomic E-state index is 13.3. The topological polar surface area (TPSA) is 66.8 Å². The number of carbonyl (C=O) groups excluding carboxylic acids is 1. The lowest BCUT2D eigenvalue weighted by Crippen LogP contribution is -2.68. The molecule has 4 heteroatoms. The van der Waals surface area contributed by atoms with E-state index in [0.717, 1.165) is 38.5 Å². The molecule has 4 fully saturated rings. The van der Waals surface area contributed by atoms with Gasteiger partial charge in [-0.2, -0.15) is 0 Å². The largest absolute Gasteiger partial charge is 0.393 e. The van der Waals surface area contributed by atoms with Gasteiger partial charge in [0.05, 0.1) is 12.2 Å². The van der Waals surface area contributed by atoms with Crippen molar-refractivity contribution in [2.24, 2.45) is 28.6 Å². The van der Waals surface area contributed by atoms with E-state index in [0.29, 0.717) is 30.6 Å². The number of methoxy groups -OCH3 is 1. The van der Waals surface area contributed by atoms with Gasteiger partial charge in [-0.3, -0.25) is 4.79 Å². The number of rotatable bonds is 1. The maximum Gasteiger partial charge on any atom is 0.165 e. The van der Waals surface area contributed by atoms with Gasteiger partial charge in [0, 0.05) is 25.4 Å². The minimum absolute atomic E-state index is 0.0148. The minimum atomic E-state index is -0.809. The molecule has 136 valence electrons. The highest BCUT2D eigenvalue weighted by Gasteiger charge is 2.68. The summed E-state index contributed by atoms with van der Waals surface area (Å²) >= 11 is 0. The molecule has 4 rings (SSSR count). The average Bonchev–Trinajstić information content (AvgIpc) is 2.85. The van der Waals surface area contributed by atoms with Gasteiger partial charge in [0.2, 0.25) is 0 Å². The van der Waals surface area contributed by atoms with E-state index in [9.17, 15) is 15.0 Å². The van der Waals surface area contributed by atoms with Crippen LogP contribution in [0.1, 0.15) is 65.2 Å². The van der Waals surface area contributed by atoms with Crippen LogP contribution < -0.4 is 0 Å². The van der Waals surface area contributed by atoms with Crippen molar-refractivity contribution in [2.45, 2.75) is 83.0 Å². The van der Waals surface area contributed by atoms with Gasteiger partial charge in [0.15, 0.2) is 5.78 Å². The standard InChI is InChI=1S/C20H32O4/c1-18-8-7-15-13(14(18)4-5-16(18)22)10-17(23)20(24-3)11-12(21)6-9-19(15,20)2/h12-16,21-22H,4-11H2,1-3H3/t12-,13+,14?,15?,16+,18+,19-,20+/m1/s1. The Morgan fingerprint density at radius 1 is 1.04 bits per heavy atom. The van der Waals surface area contributed by atoms with Crippen LogP contribution in [0.2, 0.25) is 0 Å². The second-order valence-electron chi connectivity index (χ2n) is 9.49. The van der Waals surface area contributed by atoms with E-state index in [4.69, 9.17) is 4.74 Å². The Bertz CT molecular complexity index is 548. The molecule has 24 heavy (non-hydrogen) atoms. The Hall–Kier alpha value is -0.450. The number of ketones is 1. The molecule has 2 unspecified atom stereocenters. The van der Waals surface area contributed by atoms with Gasteiger partial charge in [-0.05, 0) is 61.7 Å². The molecule has 4 saturated carbocycles. The first-order valence-corrected chi connectivity index (χ1v) is 9.73. The van der Waals surface area contributed by atoms with Gasteiger partial charge in [0.1, 0.15) is 5.60 Å². The van der Waals surface area contributed by atoms with Crippen LogP contribution >= 0.6 is 0 Å². The fourth-order valence-corrected chi connectivity index (χ4v) is 7.40. The molecule has 4 aliphatic carbocycles. The van der Waals surface area contributed by atoms with Crippen LogP contribution in [0.15, 0.2) is 0 Å². The molecule has 4 nitrogen and oxygen atoms in total. The molecular formula is C20H32O4. The molecule has 2 N–H and O–H groups in total. The molecule has 0 spiro atoms. The Morgan fingerprint density at radius 2 is 1.79 bits per heavy atom. The summed E-state index contributed by atoms with van der Waals surface area (Å²) in [6, 6.07) is 0. The first-order chi connectivity index (χ1) is 11.3. The van der Waals surface area contributed by atoms with Gasteiger partial charge in [-0.1, -0.05) is 13.8 Å². The maximum absolute atomic E-state index is 13.3. The zero-order chi connectivity index (χ0) is 17.3. The van der Waals surface area contributed by atoms with E-state index in [1.165, 1.54) is 0 Å². The van der Waals surface area contributed by atoms with Crippen molar-refractivity contribution < 1.29 is 19.7 Å². The smallest absolute Gasteiger partial charge is 0.165 e. The van der Waals surface area contributed by atoms with Gasteiger partial charge in [-0.25, -0.2) is 0 Å². The predicted molar refractivity (Wildman–Crippen MR) is 90.4 cm³/mol. The molecule has 0 aliphatic heterocycles. The van der Waals surface area contributed by atoms with Gasteiger partial charge < -0.3 is 14.9 Å². The highest BCUT2D eigenvalue weighted by Crippen LogP contribution is 2.67.